The molecule has 0 aromatic heterocycles. The maximum atomic E-state index is 5.96. The molecule has 0 aromatic rings. The number of hydrogen-bond acceptors (Lipinski definition) is 3. The fraction of sp³-hybridized carbons (Fsp3) is 1.00. The smallest absolute Gasteiger partial charge is 0.0728 e. The topological polar surface area (TPSA) is 30.5 Å². The summed E-state index contributed by atoms with van der Waals surface area (Å²) in [6.45, 7) is 6.22. The molecule has 16 heavy (non-hydrogen) atoms. The van der Waals surface area contributed by atoms with E-state index in [1.807, 2.05) is 0 Å². The molecule has 3 unspecified atom stereocenters. The molecule has 1 fully saturated rings. The third kappa shape index (κ3) is 4.81. The lowest BCUT2D eigenvalue weighted by molar-refractivity contribution is -0.00354. The molecule has 1 aliphatic rings. The van der Waals surface area contributed by atoms with Crippen LogP contribution in [0.1, 0.15) is 46.0 Å². The van der Waals surface area contributed by atoms with E-state index in [1.54, 1.807) is 7.11 Å². The highest BCUT2D eigenvalue weighted by Gasteiger charge is 2.26. The van der Waals surface area contributed by atoms with E-state index < -0.39 is 0 Å². The van der Waals surface area contributed by atoms with Crippen molar-refractivity contribution in [3.63, 3.8) is 0 Å². The van der Waals surface area contributed by atoms with E-state index in [1.165, 1.54) is 12.8 Å². The average molecular weight is 229 g/mol. The number of piperidine rings is 1. The lowest BCUT2D eigenvalue weighted by atomic mass is 9.95. The Labute approximate surface area is 99.9 Å². The monoisotopic (exact) mass is 229 g/mol. The second-order valence-electron chi connectivity index (χ2n) is 4.77. The highest BCUT2D eigenvalue weighted by atomic mass is 16.5. The van der Waals surface area contributed by atoms with Gasteiger partial charge in [-0.3, -0.25) is 0 Å². The van der Waals surface area contributed by atoms with Crippen molar-refractivity contribution in [2.45, 2.75) is 64.1 Å². The van der Waals surface area contributed by atoms with Crippen molar-refractivity contribution in [1.29, 1.82) is 0 Å². The average Bonchev–Trinajstić information content (AvgIpc) is 2.30. The van der Waals surface area contributed by atoms with Gasteiger partial charge in [-0.1, -0.05) is 6.92 Å². The van der Waals surface area contributed by atoms with Gasteiger partial charge in [-0.15, -0.1) is 0 Å². The molecule has 0 spiro atoms. The molecule has 96 valence electrons. The molecule has 1 rings (SSSR count). The van der Waals surface area contributed by atoms with Gasteiger partial charge in [0.2, 0.25) is 0 Å². The molecule has 1 heterocycles. The largest absolute Gasteiger partial charge is 0.385 e. The van der Waals surface area contributed by atoms with Crippen molar-refractivity contribution < 1.29 is 9.47 Å². The van der Waals surface area contributed by atoms with E-state index in [-0.39, 0.29) is 0 Å². The van der Waals surface area contributed by atoms with Crippen LogP contribution in [0.3, 0.4) is 0 Å². The Morgan fingerprint density at radius 1 is 1.19 bits per heavy atom. The number of rotatable bonds is 7. The lowest BCUT2D eigenvalue weighted by Gasteiger charge is -2.35. The van der Waals surface area contributed by atoms with E-state index in [2.05, 4.69) is 19.2 Å². The summed E-state index contributed by atoms with van der Waals surface area (Å²) in [6, 6.07) is 1.20. The second-order valence-corrected chi connectivity index (χ2v) is 4.77. The maximum absolute atomic E-state index is 5.96. The van der Waals surface area contributed by atoms with Crippen LogP contribution in [0.4, 0.5) is 0 Å². The zero-order chi connectivity index (χ0) is 11.8. The summed E-state index contributed by atoms with van der Waals surface area (Å²) >= 11 is 0. The van der Waals surface area contributed by atoms with Crippen LogP contribution in [-0.4, -0.2) is 38.5 Å². The molecule has 1 aliphatic heterocycles. The standard InChI is InChI=1S/C13H27NO2/c1-4-12-13(8-7-11(2)14-12)16-10-6-5-9-15-3/h11-14H,4-10H2,1-3H3. The minimum Gasteiger partial charge on any atom is -0.385 e. The number of ether oxygens (including phenoxy) is 2. The molecule has 0 saturated carbocycles. The van der Waals surface area contributed by atoms with Gasteiger partial charge in [-0.05, 0) is 39.0 Å². The maximum Gasteiger partial charge on any atom is 0.0728 e. The summed E-state index contributed by atoms with van der Waals surface area (Å²) in [5.74, 6) is 0. The SMILES string of the molecule is CCC1NC(C)CCC1OCCCCOC. The van der Waals surface area contributed by atoms with Gasteiger partial charge in [0.15, 0.2) is 0 Å². The number of methoxy groups -OCH3 is 1. The Balaban J connectivity index is 2.14. The Hall–Kier alpha value is -0.120. The molecular formula is C13H27NO2. The third-order valence-electron chi connectivity index (χ3n) is 3.35. The van der Waals surface area contributed by atoms with Crippen LogP contribution in [0.5, 0.6) is 0 Å². The normalized spacial score (nSPS) is 30.6. The molecule has 0 aromatic carbocycles. The Bertz CT molecular complexity index is 175. The first kappa shape index (κ1) is 13.9. The van der Waals surface area contributed by atoms with Gasteiger partial charge in [-0.25, -0.2) is 0 Å². The Morgan fingerprint density at radius 3 is 2.62 bits per heavy atom. The molecule has 0 bridgehead atoms. The number of unbranched alkanes of at least 4 members (excludes halogenated alkanes) is 1. The zero-order valence-electron chi connectivity index (χ0n) is 11.0. The minimum atomic E-state index is 0.420. The van der Waals surface area contributed by atoms with E-state index in [4.69, 9.17) is 9.47 Å². The fourth-order valence-corrected chi connectivity index (χ4v) is 2.33. The highest BCUT2D eigenvalue weighted by molar-refractivity contribution is 4.84. The fourth-order valence-electron chi connectivity index (χ4n) is 2.33. The molecule has 1 saturated heterocycles. The molecular weight excluding hydrogens is 202 g/mol. The van der Waals surface area contributed by atoms with Crippen molar-refractivity contribution >= 4 is 0 Å². The van der Waals surface area contributed by atoms with Gasteiger partial charge in [0, 0.05) is 32.4 Å². The van der Waals surface area contributed by atoms with Gasteiger partial charge < -0.3 is 14.8 Å². The first-order valence-corrected chi connectivity index (χ1v) is 6.64. The van der Waals surface area contributed by atoms with E-state index in [0.717, 1.165) is 32.5 Å². The van der Waals surface area contributed by atoms with Crippen molar-refractivity contribution in [2.75, 3.05) is 20.3 Å². The van der Waals surface area contributed by atoms with Crippen LogP contribution in [0.25, 0.3) is 0 Å². The molecule has 3 nitrogen and oxygen atoms in total. The first-order valence-electron chi connectivity index (χ1n) is 6.64. The highest BCUT2D eigenvalue weighted by Crippen LogP contribution is 2.19. The van der Waals surface area contributed by atoms with Crippen LogP contribution < -0.4 is 5.32 Å². The summed E-state index contributed by atoms with van der Waals surface area (Å²) in [4.78, 5) is 0. The van der Waals surface area contributed by atoms with Gasteiger partial charge in [0.1, 0.15) is 0 Å². The van der Waals surface area contributed by atoms with Gasteiger partial charge in [0.25, 0.3) is 0 Å². The summed E-state index contributed by atoms with van der Waals surface area (Å²) in [7, 11) is 1.75. The predicted octanol–water partition coefficient (Wildman–Crippen LogP) is 2.35. The van der Waals surface area contributed by atoms with Crippen LogP contribution in [-0.2, 0) is 9.47 Å². The molecule has 3 atom stereocenters. The van der Waals surface area contributed by atoms with Crippen LogP contribution in [0.15, 0.2) is 0 Å². The van der Waals surface area contributed by atoms with Crippen LogP contribution in [0.2, 0.25) is 0 Å². The summed E-state index contributed by atoms with van der Waals surface area (Å²) in [5.41, 5.74) is 0. The molecule has 0 aliphatic carbocycles. The van der Waals surface area contributed by atoms with E-state index in [9.17, 15) is 0 Å². The van der Waals surface area contributed by atoms with Gasteiger partial charge in [0.05, 0.1) is 6.10 Å². The van der Waals surface area contributed by atoms with Crippen LogP contribution in [0, 0.1) is 0 Å². The van der Waals surface area contributed by atoms with E-state index >= 15 is 0 Å². The second kappa shape index (κ2) is 8.04. The summed E-state index contributed by atoms with van der Waals surface area (Å²) < 4.78 is 11.0. The van der Waals surface area contributed by atoms with Crippen molar-refractivity contribution in [3.05, 3.63) is 0 Å². The summed E-state index contributed by atoms with van der Waals surface area (Å²) in [5, 5.41) is 3.62. The zero-order valence-corrected chi connectivity index (χ0v) is 11.0. The first-order chi connectivity index (χ1) is 7.77. The van der Waals surface area contributed by atoms with Crippen molar-refractivity contribution in [2.24, 2.45) is 0 Å². The minimum absolute atomic E-state index is 0.420. The Morgan fingerprint density at radius 2 is 1.94 bits per heavy atom. The van der Waals surface area contributed by atoms with Gasteiger partial charge >= 0.3 is 0 Å². The third-order valence-corrected chi connectivity index (χ3v) is 3.35. The van der Waals surface area contributed by atoms with Crippen molar-refractivity contribution in [3.8, 4) is 0 Å². The predicted molar refractivity (Wildman–Crippen MR) is 66.8 cm³/mol. The lowest BCUT2D eigenvalue weighted by Crippen LogP contribution is -2.50. The molecule has 0 amide bonds. The summed E-state index contributed by atoms with van der Waals surface area (Å²) in [6.07, 6.45) is 6.23. The molecule has 0 radical (unpaired) electrons. The van der Waals surface area contributed by atoms with Crippen LogP contribution >= 0.6 is 0 Å². The molecule has 1 N–H and O–H groups in total. The molecule has 3 heteroatoms. The number of hydrogen-bond donors (Lipinski definition) is 1. The number of nitrogens with one attached hydrogen (secondary N) is 1. The Kier molecular flexibility index (Phi) is 7.01. The quantitative estimate of drug-likeness (QED) is 0.680. The van der Waals surface area contributed by atoms with Crippen molar-refractivity contribution in [1.82, 2.24) is 5.32 Å². The van der Waals surface area contributed by atoms with E-state index in [0.29, 0.717) is 18.2 Å². The van der Waals surface area contributed by atoms with Gasteiger partial charge in [-0.2, -0.15) is 0 Å².